The van der Waals surface area contributed by atoms with Gasteiger partial charge in [-0.1, -0.05) is 6.07 Å². The standard InChI is InChI=1S/C21H27N3O2/c25-20(10-12-24-11-4-3-7-21(24)26)22-14-15-8-9-19-17(13-15)16-5-1-2-6-18(16)23-19/h8-9,13,23H,1-7,10-12,14H2,(H,22,25). The first-order valence-corrected chi connectivity index (χ1v) is 9.87. The molecular formula is C21H27N3O2. The van der Waals surface area contributed by atoms with Crippen molar-refractivity contribution < 1.29 is 9.59 Å². The lowest BCUT2D eigenvalue weighted by Gasteiger charge is -2.26. The van der Waals surface area contributed by atoms with Crippen molar-refractivity contribution in [3.8, 4) is 0 Å². The van der Waals surface area contributed by atoms with E-state index in [0.29, 0.717) is 25.9 Å². The average molecular weight is 353 g/mol. The lowest BCUT2D eigenvalue weighted by molar-refractivity contribution is -0.133. The topological polar surface area (TPSA) is 65.2 Å². The number of aromatic amines is 1. The number of rotatable bonds is 5. The van der Waals surface area contributed by atoms with E-state index in [4.69, 9.17) is 0 Å². The molecular weight excluding hydrogens is 326 g/mol. The second-order valence-electron chi connectivity index (χ2n) is 7.53. The number of aromatic nitrogens is 1. The smallest absolute Gasteiger partial charge is 0.222 e. The summed E-state index contributed by atoms with van der Waals surface area (Å²) >= 11 is 0. The van der Waals surface area contributed by atoms with Gasteiger partial charge in [0, 0.05) is 49.1 Å². The van der Waals surface area contributed by atoms with Crippen molar-refractivity contribution in [2.75, 3.05) is 13.1 Å². The zero-order valence-electron chi connectivity index (χ0n) is 15.3. The molecule has 1 fully saturated rings. The van der Waals surface area contributed by atoms with Crippen LogP contribution in [0.25, 0.3) is 10.9 Å². The van der Waals surface area contributed by atoms with E-state index >= 15 is 0 Å². The van der Waals surface area contributed by atoms with Crippen molar-refractivity contribution in [2.45, 2.75) is 57.9 Å². The average Bonchev–Trinajstić information content (AvgIpc) is 3.04. The first-order valence-electron chi connectivity index (χ1n) is 9.87. The van der Waals surface area contributed by atoms with Crippen LogP contribution in [0, 0.1) is 0 Å². The molecule has 5 heteroatoms. The van der Waals surface area contributed by atoms with Crippen LogP contribution in [0.1, 0.15) is 55.3 Å². The molecule has 0 radical (unpaired) electrons. The second-order valence-corrected chi connectivity index (χ2v) is 7.53. The maximum Gasteiger partial charge on any atom is 0.222 e. The SMILES string of the molecule is O=C(CCN1CCCCC1=O)NCc1ccc2[nH]c3c(c2c1)CCCC3. The molecule has 2 N–H and O–H groups in total. The Balaban J connectivity index is 1.34. The molecule has 138 valence electrons. The molecule has 1 aromatic heterocycles. The summed E-state index contributed by atoms with van der Waals surface area (Å²) in [5.41, 5.74) is 5.18. The van der Waals surface area contributed by atoms with Gasteiger partial charge in [0.25, 0.3) is 0 Å². The van der Waals surface area contributed by atoms with Gasteiger partial charge in [-0.15, -0.1) is 0 Å². The number of aryl methyl sites for hydroxylation is 2. The number of nitrogens with one attached hydrogen (secondary N) is 2. The fourth-order valence-electron chi connectivity index (χ4n) is 4.19. The van der Waals surface area contributed by atoms with Crippen LogP contribution in [-0.2, 0) is 29.0 Å². The summed E-state index contributed by atoms with van der Waals surface area (Å²) in [6.45, 7) is 1.87. The zero-order chi connectivity index (χ0) is 17.9. The predicted molar refractivity (Wildman–Crippen MR) is 102 cm³/mol. The maximum absolute atomic E-state index is 12.2. The maximum atomic E-state index is 12.2. The van der Waals surface area contributed by atoms with Crippen molar-refractivity contribution in [2.24, 2.45) is 0 Å². The molecule has 0 atom stereocenters. The quantitative estimate of drug-likeness (QED) is 0.868. The van der Waals surface area contributed by atoms with Gasteiger partial charge in [-0.3, -0.25) is 9.59 Å². The molecule has 0 saturated carbocycles. The Labute approximate surface area is 154 Å². The largest absolute Gasteiger partial charge is 0.358 e. The molecule has 2 amide bonds. The lowest BCUT2D eigenvalue weighted by atomic mass is 9.95. The van der Waals surface area contributed by atoms with Gasteiger partial charge in [-0.25, -0.2) is 0 Å². The van der Waals surface area contributed by atoms with Crippen LogP contribution in [0.3, 0.4) is 0 Å². The van der Waals surface area contributed by atoms with Crippen LogP contribution in [0.4, 0.5) is 0 Å². The molecule has 1 aromatic carbocycles. The van der Waals surface area contributed by atoms with E-state index in [9.17, 15) is 9.59 Å². The Morgan fingerprint density at radius 3 is 2.85 bits per heavy atom. The minimum absolute atomic E-state index is 0.0135. The van der Waals surface area contributed by atoms with Crippen LogP contribution in [-0.4, -0.2) is 34.8 Å². The van der Waals surface area contributed by atoms with Crippen molar-refractivity contribution >= 4 is 22.7 Å². The summed E-state index contributed by atoms with van der Waals surface area (Å²) in [5, 5.41) is 4.31. The van der Waals surface area contributed by atoms with E-state index < -0.39 is 0 Å². The molecule has 2 heterocycles. The van der Waals surface area contributed by atoms with Crippen molar-refractivity contribution in [3.63, 3.8) is 0 Å². The van der Waals surface area contributed by atoms with Gasteiger partial charge in [-0.2, -0.15) is 0 Å². The second kappa shape index (κ2) is 7.52. The Bertz CT molecular complexity index is 824. The van der Waals surface area contributed by atoms with Gasteiger partial charge < -0.3 is 15.2 Å². The van der Waals surface area contributed by atoms with Crippen LogP contribution < -0.4 is 5.32 Å². The van der Waals surface area contributed by atoms with Crippen molar-refractivity contribution in [1.29, 1.82) is 0 Å². The minimum atomic E-state index is 0.0135. The summed E-state index contributed by atoms with van der Waals surface area (Å²) in [6.07, 6.45) is 7.86. The number of hydrogen-bond acceptors (Lipinski definition) is 2. The highest BCUT2D eigenvalue weighted by Gasteiger charge is 2.18. The van der Waals surface area contributed by atoms with Gasteiger partial charge in [0.2, 0.25) is 11.8 Å². The Morgan fingerprint density at radius 2 is 1.96 bits per heavy atom. The van der Waals surface area contributed by atoms with Gasteiger partial charge in [0.15, 0.2) is 0 Å². The van der Waals surface area contributed by atoms with E-state index in [1.807, 2.05) is 4.90 Å². The van der Waals surface area contributed by atoms with Crippen LogP contribution in [0.2, 0.25) is 0 Å². The Morgan fingerprint density at radius 1 is 1.12 bits per heavy atom. The summed E-state index contributed by atoms with van der Waals surface area (Å²) in [5.74, 6) is 0.200. The van der Waals surface area contributed by atoms with E-state index in [0.717, 1.165) is 37.8 Å². The lowest BCUT2D eigenvalue weighted by Crippen LogP contribution is -2.38. The van der Waals surface area contributed by atoms with Gasteiger partial charge in [0.05, 0.1) is 0 Å². The molecule has 0 spiro atoms. The highest BCUT2D eigenvalue weighted by molar-refractivity contribution is 5.86. The van der Waals surface area contributed by atoms with E-state index in [1.54, 1.807) is 0 Å². The number of H-pyrrole nitrogens is 1. The molecule has 26 heavy (non-hydrogen) atoms. The number of carbonyl (C=O) groups is 2. The van der Waals surface area contributed by atoms with Gasteiger partial charge in [0.1, 0.15) is 0 Å². The number of carbonyl (C=O) groups excluding carboxylic acids is 2. The molecule has 1 aliphatic carbocycles. The number of likely N-dealkylation sites (tertiary alicyclic amines) is 1. The first kappa shape index (κ1) is 17.1. The third-order valence-corrected chi connectivity index (χ3v) is 5.68. The van der Waals surface area contributed by atoms with Crippen molar-refractivity contribution in [1.82, 2.24) is 15.2 Å². The van der Waals surface area contributed by atoms with Gasteiger partial charge >= 0.3 is 0 Å². The van der Waals surface area contributed by atoms with E-state index in [2.05, 4.69) is 28.5 Å². The molecule has 5 nitrogen and oxygen atoms in total. The third-order valence-electron chi connectivity index (χ3n) is 5.68. The number of piperidine rings is 1. The highest BCUT2D eigenvalue weighted by atomic mass is 16.2. The monoisotopic (exact) mass is 353 g/mol. The highest BCUT2D eigenvalue weighted by Crippen LogP contribution is 2.29. The van der Waals surface area contributed by atoms with Crippen LogP contribution in [0.5, 0.6) is 0 Å². The molecule has 1 aliphatic heterocycles. The van der Waals surface area contributed by atoms with Gasteiger partial charge in [-0.05, 0) is 61.8 Å². The van der Waals surface area contributed by atoms with E-state index in [1.165, 1.54) is 35.0 Å². The molecule has 0 bridgehead atoms. The zero-order valence-corrected chi connectivity index (χ0v) is 15.3. The molecule has 0 unspecified atom stereocenters. The number of nitrogens with zero attached hydrogens (tertiary/aromatic N) is 1. The van der Waals surface area contributed by atoms with Crippen LogP contribution >= 0.6 is 0 Å². The van der Waals surface area contributed by atoms with Crippen LogP contribution in [0.15, 0.2) is 18.2 Å². The summed E-state index contributed by atoms with van der Waals surface area (Å²) < 4.78 is 0. The fraction of sp³-hybridized carbons (Fsp3) is 0.524. The molecule has 2 aliphatic rings. The number of fused-ring (bicyclic) bond motifs is 3. The summed E-state index contributed by atoms with van der Waals surface area (Å²) in [4.78, 5) is 29.3. The number of hydrogen-bond donors (Lipinski definition) is 2. The summed E-state index contributed by atoms with van der Waals surface area (Å²) in [6, 6.07) is 6.42. The molecule has 4 rings (SSSR count). The number of amides is 2. The summed E-state index contributed by atoms with van der Waals surface area (Å²) in [7, 11) is 0. The molecule has 2 aromatic rings. The Hall–Kier alpha value is -2.30. The van der Waals surface area contributed by atoms with Crippen molar-refractivity contribution in [3.05, 3.63) is 35.0 Å². The first-order chi connectivity index (χ1) is 12.7. The number of benzene rings is 1. The fourth-order valence-corrected chi connectivity index (χ4v) is 4.19. The van der Waals surface area contributed by atoms with E-state index in [-0.39, 0.29) is 11.8 Å². The Kier molecular flexibility index (Phi) is 4.96. The third kappa shape index (κ3) is 3.62. The normalized spacial score (nSPS) is 17.4. The molecule has 1 saturated heterocycles. The minimum Gasteiger partial charge on any atom is -0.358 e. The predicted octanol–water partition coefficient (Wildman–Crippen LogP) is 3.07.